The highest BCUT2D eigenvalue weighted by molar-refractivity contribution is 6.30. The Bertz CT molecular complexity index is 659. The molecule has 1 heterocycles. The third-order valence-corrected chi connectivity index (χ3v) is 4.24. The number of carbonyl (C=O) groups is 1. The lowest BCUT2D eigenvalue weighted by Crippen LogP contribution is -2.52. The summed E-state index contributed by atoms with van der Waals surface area (Å²) in [6.45, 7) is 3.36. The Balaban J connectivity index is 2.27. The molecule has 22 heavy (non-hydrogen) atoms. The van der Waals surface area contributed by atoms with Crippen LogP contribution in [0.2, 0.25) is 5.02 Å². The molecule has 0 aliphatic carbocycles. The molecule has 1 aromatic carbocycles. The molecule has 2 rings (SSSR count). The van der Waals surface area contributed by atoms with E-state index in [1.165, 1.54) is 12.3 Å². The lowest BCUT2D eigenvalue weighted by molar-refractivity contribution is 0.0564. The molecule has 0 saturated heterocycles. The topological polar surface area (TPSA) is 76.2 Å². The first kappa shape index (κ1) is 16.6. The van der Waals surface area contributed by atoms with Crippen molar-refractivity contribution in [2.24, 2.45) is 11.7 Å². The van der Waals surface area contributed by atoms with Gasteiger partial charge in [0, 0.05) is 17.1 Å². The molecule has 0 bridgehead atoms. The lowest BCUT2D eigenvalue weighted by atomic mass is 9.77. The van der Waals surface area contributed by atoms with E-state index in [9.17, 15) is 9.90 Å². The maximum atomic E-state index is 12.6. The van der Waals surface area contributed by atoms with Gasteiger partial charge < -0.3 is 10.8 Å². The molecule has 0 fully saturated rings. The van der Waals surface area contributed by atoms with Crippen molar-refractivity contribution in [1.29, 1.82) is 0 Å². The van der Waals surface area contributed by atoms with E-state index < -0.39 is 17.6 Å². The minimum absolute atomic E-state index is 0.199. The summed E-state index contributed by atoms with van der Waals surface area (Å²) in [4.78, 5) is 16.7. The Kier molecular flexibility index (Phi) is 4.96. The van der Waals surface area contributed by atoms with E-state index in [1.54, 1.807) is 32.0 Å². The van der Waals surface area contributed by atoms with E-state index in [0.29, 0.717) is 5.02 Å². The quantitative estimate of drug-likeness (QED) is 0.831. The van der Waals surface area contributed by atoms with Crippen LogP contribution in [0, 0.1) is 5.92 Å². The number of aliphatic hydroxyl groups is 1. The van der Waals surface area contributed by atoms with E-state index in [4.69, 9.17) is 17.3 Å². The van der Waals surface area contributed by atoms with Gasteiger partial charge in [-0.25, -0.2) is 0 Å². The number of rotatable bonds is 5. The summed E-state index contributed by atoms with van der Waals surface area (Å²) >= 11 is 5.89. The van der Waals surface area contributed by atoms with Crippen molar-refractivity contribution >= 4 is 17.4 Å². The van der Waals surface area contributed by atoms with Crippen molar-refractivity contribution in [3.63, 3.8) is 0 Å². The monoisotopic (exact) mass is 318 g/mol. The van der Waals surface area contributed by atoms with E-state index in [0.717, 1.165) is 5.56 Å². The van der Waals surface area contributed by atoms with Gasteiger partial charge in [0.15, 0.2) is 0 Å². The second kappa shape index (κ2) is 6.57. The Morgan fingerprint density at radius 3 is 2.55 bits per heavy atom. The Morgan fingerprint density at radius 2 is 1.95 bits per heavy atom. The fourth-order valence-corrected chi connectivity index (χ4v) is 2.44. The van der Waals surface area contributed by atoms with Crippen LogP contribution in [-0.4, -0.2) is 21.4 Å². The minimum Gasteiger partial charge on any atom is -0.388 e. The second-order valence-corrected chi connectivity index (χ2v) is 6.05. The SMILES string of the molecule is CC(C(O)c1ccccc1)C(C)(N)C(=O)c1cc(Cl)ccn1. The number of benzene rings is 1. The normalized spacial score (nSPS) is 16.6. The molecule has 5 heteroatoms. The number of aromatic nitrogens is 1. The number of aliphatic hydroxyl groups excluding tert-OH is 1. The molecular formula is C17H19ClN2O2. The van der Waals surface area contributed by atoms with Gasteiger partial charge in [-0.1, -0.05) is 48.9 Å². The van der Waals surface area contributed by atoms with Crippen LogP contribution in [0.25, 0.3) is 0 Å². The number of ketones is 1. The van der Waals surface area contributed by atoms with Gasteiger partial charge in [-0.2, -0.15) is 0 Å². The number of Topliss-reactive ketones (excluding diaryl/α,β-unsaturated/α-hetero) is 1. The zero-order valence-electron chi connectivity index (χ0n) is 12.5. The van der Waals surface area contributed by atoms with Crippen LogP contribution in [0.3, 0.4) is 0 Å². The third kappa shape index (κ3) is 3.35. The van der Waals surface area contributed by atoms with Crippen LogP contribution in [0.5, 0.6) is 0 Å². The number of nitrogens with two attached hydrogens (primary N) is 1. The Labute approximate surface area is 134 Å². The molecular weight excluding hydrogens is 300 g/mol. The highest BCUT2D eigenvalue weighted by Crippen LogP contribution is 2.31. The van der Waals surface area contributed by atoms with E-state index in [2.05, 4.69) is 4.98 Å². The molecule has 0 spiro atoms. The van der Waals surface area contributed by atoms with Crippen LogP contribution in [0.1, 0.15) is 36.0 Å². The number of pyridine rings is 1. The van der Waals surface area contributed by atoms with Crippen molar-refractivity contribution in [2.45, 2.75) is 25.5 Å². The zero-order chi connectivity index (χ0) is 16.3. The molecule has 3 unspecified atom stereocenters. The molecule has 1 aromatic heterocycles. The smallest absolute Gasteiger partial charge is 0.201 e. The first-order valence-corrected chi connectivity index (χ1v) is 7.40. The van der Waals surface area contributed by atoms with Crippen molar-refractivity contribution in [3.05, 3.63) is 64.9 Å². The predicted molar refractivity (Wildman–Crippen MR) is 86.7 cm³/mol. The lowest BCUT2D eigenvalue weighted by Gasteiger charge is -2.33. The number of nitrogens with zero attached hydrogens (tertiary/aromatic N) is 1. The van der Waals surface area contributed by atoms with Gasteiger partial charge in [-0.3, -0.25) is 9.78 Å². The number of hydrogen-bond acceptors (Lipinski definition) is 4. The molecule has 3 atom stereocenters. The summed E-state index contributed by atoms with van der Waals surface area (Å²) in [5.41, 5.74) is 5.88. The molecule has 0 aliphatic rings. The average molecular weight is 319 g/mol. The van der Waals surface area contributed by atoms with Gasteiger partial charge in [0.25, 0.3) is 0 Å². The zero-order valence-corrected chi connectivity index (χ0v) is 13.3. The van der Waals surface area contributed by atoms with Crippen molar-refractivity contribution in [1.82, 2.24) is 4.98 Å². The predicted octanol–water partition coefficient (Wildman–Crippen LogP) is 3.00. The van der Waals surface area contributed by atoms with Gasteiger partial charge in [0.1, 0.15) is 5.69 Å². The molecule has 116 valence electrons. The van der Waals surface area contributed by atoms with Crippen LogP contribution in [-0.2, 0) is 0 Å². The number of halogens is 1. The standard InChI is InChI=1S/C17H19ClN2O2/c1-11(15(21)12-6-4-3-5-7-12)17(2,19)16(22)14-10-13(18)8-9-20-14/h3-11,15,21H,19H2,1-2H3. The summed E-state index contributed by atoms with van der Waals surface area (Å²) in [6, 6.07) is 12.2. The van der Waals surface area contributed by atoms with Gasteiger partial charge >= 0.3 is 0 Å². The maximum absolute atomic E-state index is 12.6. The molecule has 2 aromatic rings. The highest BCUT2D eigenvalue weighted by Gasteiger charge is 2.40. The summed E-state index contributed by atoms with van der Waals surface area (Å²) in [6.07, 6.45) is 0.614. The van der Waals surface area contributed by atoms with Crippen molar-refractivity contribution in [3.8, 4) is 0 Å². The second-order valence-electron chi connectivity index (χ2n) is 5.62. The first-order valence-electron chi connectivity index (χ1n) is 7.02. The largest absolute Gasteiger partial charge is 0.388 e. The molecule has 0 radical (unpaired) electrons. The Morgan fingerprint density at radius 1 is 1.32 bits per heavy atom. The molecule has 4 nitrogen and oxygen atoms in total. The number of hydrogen-bond donors (Lipinski definition) is 2. The van der Waals surface area contributed by atoms with Crippen molar-refractivity contribution in [2.75, 3.05) is 0 Å². The van der Waals surface area contributed by atoms with Crippen LogP contribution >= 0.6 is 11.6 Å². The summed E-state index contributed by atoms with van der Waals surface area (Å²) in [5.74, 6) is -0.847. The van der Waals surface area contributed by atoms with E-state index in [1.807, 2.05) is 18.2 Å². The molecule has 0 aliphatic heterocycles. The Hall–Kier alpha value is -1.75. The van der Waals surface area contributed by atoms with E-state index >= 15 is 0 Å². The summed E-state index contributed by atoms with van der Waals surface area (Å²) < 4.78 is 0. The van der Waals surface area contributed by atoms with Gasteiger partial charge in [0.05, 0.1) is 11.6 Å². The van der Waals surface area contributed by atoms with Crippen LogP contribution in [0.4, 0.5) is 0 Å². The molecule has 3 N–H and O–H groups in total. The maximum Gasteiger partial charge on any atom is 0.201 e. The van der Waals surface area contributed by atoms with Gasteiger partial charge in [-0.15, -0.1) is 0 Å². The number of carbonyl (C=O) groups excluding carboxylic acids is 1. The highest BCUT2D eigenvalue weighted by atomic mass is 35.5. The van der Waals surface area contributed by atoms with Gasteiger partial charge in [-0.05, 0) is 24.6 Å². The van der Waals surface area contributed by atoms with Crippen molar-refractivity contribution < 1.29 is 9.90 Å². The average Bonchev–Trinajstić information content (AvgIpc) is 2.53. The summed E-state index contributed by atoms with van der Waals surface area (Å²) in [5, 5.41) is 10.9. The third-order valence-electron chi connectivity index (χ3n) is 4.00. The fraction of sp³-hybridized carbons (Fsp3) is 0.294. The summed E-state index contributed by atoms with van der Waals surface area (Å²) in [7, 11) is 0. The minimum atomic E-state index is -1.27. The fourth-order valence-electron chi connectivity index (χ4n) is 2.28. The first-order chi connectivity index (χ1) is 10.3. The van der Waals surface area contributed by atoms with Crippen LogP contribution in [0.15, 0.2) is 48.7 Å². The van der Waals surface area contributed by atoms with Crippen LogP contribution < -0.4 is 5.73 Å². The van der Waals surface area contributed by atoms with Gasteiger partial charge in [0.2, 0.25) is 5.78 Å². The molecule has 0 amide bonds. The molecule has 0 saturated carbocycles. The van der Waals surface area contributed by atoms with E-state index in [-0.39, 0.29) is 11.5 Å².